The molecule has 2 amide bonds. The molecule has 25 heavy (non-hydrogen) atoms. The van der Waals surface area contributed by atoms with Crippen molar-refractivity contribution in [3.8, 4) is 0 Å². The van der Waals surface area contributed by atoms with Gasteiger partial charge < -0.3 is 4.57 Å². The minimum absolute atomic E-state index is 0.227. The fraction of sp³-hybridized carbons (Fsp3) is 0.105. The lowest BCUT2D eigenvalue weighted by Gasteiger charge is -2.09. The summed E-state index contributed by atoms with van der Waals surface area (Å²) in [4.78, 5) is 29.8. The highest BCUT2D eigenvalue weighted by atomic mass is 16.2. The average molecular weight is 332 g/mol. The van der Waals surface area contributed by atoms with Crippen LogP contribution in [0.15, 0.2) is 67.3 Å². The minimum Gasteiger partial charge on any atom is -0.332 e. The molecule has 4 rings (SSSR count). The molecule has 1 aromatic carbocycles. The molecule has 3 aromatic rings. The Hall–Kier alpha value is -3.41. The van der Waals surface area contributed by atoms with Crippen LogP contribution in [0.1, 0.15) is 21.7 Å². The summed E-state index contributed by atoms with van der Waals surface area (Å²) in [6.07, 6.45) is 8.89. The highest BCUT2D eigenvalue weighted by molar-refractivity contribution is 6.11. The molecule has 2 aromatic heterocycles. The third-order valence-electron chi connectivity index (χ3n) is 4.09. The van der Waals surface area contributed by atoms with Gasteiger partial charge in [-0.1, -0.05) is 36.4 Å². The van der Waals surface area contributed by atoms with Crippen LogP contribution in [-0.2, 0) is 6.54 Å². The topological polar surface area (TPSA) is 60.1 Å². The molecule has 0 unspecified atom stereocenters. The molecule has 1 aliphatic heterocycles. The summed E-state index contributed by atoms with van der Waals surface area (Å²) < 4.78 is 3.36. The first-order chi connectivity index (χ1) is 12.2. The second kappa shape index (κ2) is 6.24. The zero-order valence-corrected chi connectivity index (χ0v) is 13.4. The zero-order chi connectivity index (χ0) is 17.2. The van der Waals surface area contributed by atoms with Gasteiger partial charge in [0, 0.05) is 25.5 Å². The van der Waals surface area contributed by atoms with Gasteiger partial charge in [-0.05, 0) is 23.8 Å². The molecule has 0 N–H and O–H groups in total. The fourth-order valence-corrected chi connectivity index (χ4v) is 2.86. The number of carbonyl (C=O) groups excluding carboxylic acids is 2. The maximum atomic E-state index is 12.1. The summed E-state index contributed by atoms with van der Waals surface area (Å²) >= 11 is 0. The number of amides is 2. The van der Waals surface area contributed by atoms with Gasteiger partial charge in [0.05, 0.1) is 12.0 Å². The van der Waals surface area contributed by atoms with Crippen LogP contribution in [0.3, 0.4) is 0 Å². The summed E-state index contributed by atoms with van der Waals surface area (Å²) in [7, 11) is 0. The van der Waals surface area contributed by atoms with Gasteiger partial charge in [-0.3, -0.25) is 14.3 Å². The summed E-state index contributed by atoms with van der Waals surface area (Å²) in [5, 5.41) is 0. The number of fused-ring (bicyclic) bond motifs is 1. The van der Waals surface area contributed by atoms with Crippen molar-refractivity contribution in [1.82, 2.24) is 19.0 Å². The minimum atomic E-state index is -0.316. The van der Waals surface area contributed by atoms with Crippen molar-refractivity contribution < 1.29 is 9.59 Å². The summed E-state index contributed by atoms with van der Waals surface area (Å²) in [5.41, 5.74) is 2.39. The molecular formula is C19H16N4O2. The monoisotopic (exact) mass is 332 g/mol. The number of benzene rings is 1. The van der Waals surface area contributed by atoms with Crippen molar-refractivity contribution in [2.24, 2.45) is 0 Å². The van der Waals surface area contributed by atoms with Crippen molar-refractivity contribution in [1.29, 1.82) is 0 Å². The molecule has 6 nitrogen and oxygen atoms in total. The zero-order valence-electron chi connectivity index (χ0n) is 13.4. The Kier molecular flexibility index (Phi) is 3.78. The fourth-order valence-electron chi connectivity index (χ4n) is 2.86. The molecule has 0 atom stereocenters. The smallest absolute Gasteiger partial charge is 0.332 e. The Morgan fingerprint density at radius 1 is 1.04 bits per heavy atom. The van der Waals surface area contributed by atoms with E-state index in [4.69, 9.17) is 0 Å². The number of rotatable bonds is 5. The maximum Gasteiger partial charge on any atom is 0.336 e. The second-order valence-electron chi connectivity index (χ2n) is 5.82. The lowest BCUT2D eigenvalue weighted by atomic mass is 10.2. The predicted octanol–water partition coefficient (Wildman–Crippen LogP) is 2.87. The third-order valence-corrected chi connectivity index (χ3v) is 4.09. The van der Waals surface area contributed by atoms with Crippen molar-refractivity contribution in [3.63, 3.8) is 0 Å². The number of carbonyl (C=O) groups is 2. The van der Waals surface area contributed by atoms with Crippen molar-refractivity contribution >= 4 is 18.0 Å². The largest absolute Gasteiger partial charge is 0.336 e. The molecular weight excluding hydrogens is 316 g/mol. The molecule has 0 aliphatic carbocycles. The van der Waals surface area contributed by atoms with E-state index >= 15 is 0 Å². The van der Waals surface area contributed by atoms with Crippen LogP contribution in [0, 0.1) is 0 Å². The van der Waals surface area contributed by atoms with E-state index in [-0.39, 0.29) is 18.5 Å². The van der Waals surface area contributed by atoms with E-state index in [0.29, 0.717) is 5.69 Å². The van der Waals surface area contributed by atoms with Gasteiger partial charge in [-0.2, -0.15) is 0 Å². The standard InChI is InChI=1S/C19H16N4O2/c24-18-17-9-5-10-22(17)19(25)23(18)11-4-8-16-13-21(14-20-16)12-15-6-2-1-3-7-15/h1-10,13-14H,11-12H2/b8-4+. The third kappa shape index (κ3) is 2.89. The van der Waals surface area contributed by atoms with Crippen LogP contribution in [0.2, 0.25) is 0 Å². The van der Waals surface area contributed by atoms with Gasteiger partial charge in [0.1, 0.15) is 5.69 Å². The summed E-state index contributed by atoms with van der Waals surface area (Å²) in [6, 6.07) is 13.2. The molecule has 0 fully saturated rings. The van der Waals surface area contributed by atoms with Gasteiger partial charge in [-0.25, -0.2) is 9.78 Å². The number of hydrogen-bond donors (Lipinski definition) is 0. The van der Waals surface area contributed by atoms with Crippen LogP contribution in [0.5, 0.6) is 0 Å². The Bertz CT molecular complexity index is 922. The Labute approximate surface area is 144 Å². The summed E-state index contributed by atoms with van der Waals surface area (Å²) in [6.45, 7) is 0.977. The van der Waals surface area contributed by atoms with Gasteiger partial charge in [0.15, 0.2) is 0 Å². The van der Waals surface area contributed by atoms with Crippen molar-refractivity contribution in [2.45, 2.75) is 6.54 Å². The number of imide groups is 1. The second-order valence-corrected chi connectivity index (χ2v) is 5.82. The van der Waals surface area contributed by atoms with E-state index in [0.717, 1.165) is 12.2 Å². The molecule has 0 bridgehead atoms. The van der Waals surface area contributed by atoms with E-state index in [1.54, 1.807) is 30.7 Å². The van der Waals surface area contributed by atoms with E-state index in [1.807, 2.05) is 35.0 Å². The molecule has 0 spiro atoms. The molecule has 6 heteroatoms. The van der Waals surface area contributed by atoms with E-state index in [2.05, 4.69) is 17.1 Å². The number of hydrogen-bond acceptors (Lipinski definition) is 3. The van der Waals surface area contributed by atoms with Crippen molar-refractivity contribution in [3.05, 3.63) is 84.2 Å². The molecule has 3 heterocycles. The Morgan fingerprint density at radius 3 is 2.68 bits per heavy atom. The van der Waals surface area contributed by atoms with Crippen LogP contribution >= 0.6 is 0 Å². The van der Waals surface area contributed by atoms with Gasteiger partial charge in [0.25, 0.3) is 5.91 Å². The predicted molar refractivity (Wildman–Crippen MR) is 93.1 cm³/mol. The first-order valence-corrected chi connectivity index (χ1v) is 7.98. The number of aromatic nitrogens is 3. The summed E-state index contributed by atoms with van der Waals surface area (Å²) in [5.74, 6) is -0.269. The van der Waals surface area contributed by atoms with Crippen LogP contribution in [0.25, 0.3) is 6.08 Å². The molecule has 1 aliphatic rings. The number of nitrogens with zero attached hydrogens (tertiary/aromatic N) is 4. The quantitative estimate of drug-likeness (QED) is 0.722. The van der Waals surface area contributed by atoms with Gasteiger partial charge >= 0.3 is 6.03 Å². The Morgan fingerprint density at radius 2 is 1.88 bits per heavy atom. The first-order valence-electron chi connectivity index (χ1n) is 7.98. The first kappa shape index (κ1) is 15.1. The lowest BCUT2D eigenvalue weighted by molar-refractivity contribution is 0.0845. The highest BCUT2D eigenvalue weighted by Crippen LogP contribution is 2.17. The maximum absolute atomic E-state index is 12.1. The molecule has 0 saturated carbocycles. The van der Waals surface area contributed by atoms with Gasteiger partial charge in [-0.15, -0.1) is 0 Å². The molecule has 0 saturated heterocycles. The van der Waals surface area contributed by atoms with Crippen LogP contribution in [0.4, 0.5) is 4.79 Å². The van der Waals surface area contributed by atoms with E-state index in [1.165, 1.54) is 15.0 Å². The van der Waals surface area contributed by atoms with Crippen LogP contribution < -0.4 is 0 Å². The SMILES string of the molecule is O=C1c2cccn2C(=O)N1C/C=C/c1cn(Cc2ccccc2)cn1. The average Bonchev–Trinajstić information content (AvgIpc) is 3.32. The number of imidazole rings is 1. The Balaban J connectivity index is 1.39. The van der Waals surface area contributed by atoms with E-state index < -0.39 is 0 Å². The van der Waals surface area contributed by atoms with Gasteiger partial charge in [0.2, 0.25) is 0 Å². The lowest BCUT2D eigenvalue weighted by Crippen LogP contribution is -2.30. The molecule has 124 valence electrons. The highest BCUT2D eigenvalue weighted by Gasteiger charge is 2.33. The van der Waals surface area contributed by atoms with Crippen molar-refractivity contribution in [2.75, 3.05) is 6.54 Å². The van der Waals surface area contributed by atoms with E-state index in [9.17, 15) is 9.59 Å². The molecule has 0 radical (unpaired) electrons. The normalized spacial score (nSPS) is 13.8. The van der Waals surface area contributed by atoms with Crippen LogP contribution in [-0.4, -0.2) is 37.5 Å².